The van der Waals surface area contributed by atoms with Crippen LogP contribution in [0.1, 0.15) is 27.2 Å². The fourth-order valence-corrected chi connectivity index (χ4v) is 1.09. The van der Waals surface area contributed by atoms with E-state index in [2.05, 4.69) is 0 Å². The summed E-state index contributed by atoms with van der Waals surface area (Å²) in [5, 5.41) is 0. The fourth-order valence-electron chi connectivity index (χ4n) is 1.09. The van der Waals surface area contributed by atoms with Gasteiger partial charge in [-0.05, 0) is 27.2 Å². The monoisotopic (exact) mass is 222 g/mol. The standard InChI is InChI=1S/C13H18O3/c1-13(2,3)16-15-12(14)11-9-7-5-4-6-8-10-11/h4-5,7-11H,6H2,1-3H3/b5-4-,9-7-,10-8+. The molecule has 16 heavy (non-hydrogen) atoms. The van der Waals surface area contributed by atoms with E-state index in [0.717, 1.165) is 6.42 Å². The Labute approximate surface area is 96.4 Å². The summed E-state index contributed by atoms with van der Waals surface area (Å²) in [6, 6.07) is 0. The minimum Gasteiger partial charge on any atom is -0.297 e. The van der Waals surface area contributed by atoms with Crippen LogP contribution in [-0.2, 0) is 14.6 Å². The van der Waals surface area contributed by atoms with Gasteiger partial charge in [0, 0.05) is 0 Å². The van der Waals surface area contributed by atoms with Crippen LogP contribution in [0.2, 0.25) is 0 Å². The molecule has 1 aliphatic rings. The van der Waals surface area contributed by atoms with E-state index in [1.54, 1.807) is 6.08 Å². The second-order valence-corrected chi connectivity index (χ2v) is 4.60. The maximum absolute atomic E-state index is 11.6. The van der Waals surface area contributed by atoms with Gasteiger partial charge >= 0.3 is 5.97 Å². The molecule has 1 atom stereocenters. The Bertz CT molecular complexity index is 319. The largest absolute Gasteiger partial charge is 0.352 e. The van der Waals surface area contributed by atoms with Crippen LogP contribution in [0.25, 0.3) is 0 Å². The average Bonchev–Trinajstić information content (AvgIpc) is 2.12. The Morgan fingerprint density at radius 3 is 2.62 bits per heavy atom. The molecule has 0 radical (unpaired) electrons. The third-order valence-electron chi connectivity index (χ3n) is 1.83. The number of hydrogen-bond donors (Lipinski definition) is 0. The Hall–Kier alpha value is -1.35. The summed E-state index contributed by atoms with van der Waals surface area (Å²) in [4.78, 5) is 21.4. The van der Waals surface area contributed by atoms with Gasteiger partial charge < -0.3 is 0 Å². The average molecular weight is 222 g/mol. The molecule has 1 aliphatic carbocycles. The quantitative estimate of drug-likeness (QED) is 0.409. The molecule has 0 aliphatic heterocycles. The molecule has 0 heterocycles. The highest BCUT2D eigenvalue weighted by Gasteiger charge is 2.19. The predicted octanol–water partition coefficient (Wildman–Crippen LogP) is 2.95. The molecule has 1 rings (SSSR count). The molecule has 0 aromatic heterocycles. The molecule has 0 bridgehead atoms. The predicted molar refractivity (Wildman–Crippen MR) is 62.5 cm³/mol. The van der Waals surface area contributed by atoms with Gasteiger partial charge in [0.05, 0.1) is 5.92 Å². The van der Waals surface area contributed by atoms with Crippen LogP contribution in [0, 0.1) is 5.92 Å². The summed E-state index contributed by atoms with van der Waals surface area (Å²) < 4.78 is 0. The van der Waals surface area contributed by atoms with Crippen LogP contribution in [0.5, 0.6) is 0 Å². The highest BCUT2D eigenvalue weighted by Crippen LogP contribution is 2.12. The van der Waals surface area contributed by atoms with E-state index in [1.165, 1.54) is 0 Å². The zero-order valence-electron chi connectivity index (χ0n) is 9.97. The molecule has 0 amide bonds. The van der Waals surface area contributed by atoms with E-state index < -0.39 is 11.6 Å². The summed E-state index contributed by atoms with van der Waals surface area (Å²) >= 11 is 0. The Kier molecular flexibility index (Phi) is 4.50. The molecule has 0 spiro atoms. The van der Waals surface area contributed by atoms with Crippen LogP contribution in [0.3, 0.4) is 0 Å². The van der Waals surface area contributed by atoms with Gasteiger partial charge in [0.25, 0.3) is 0 Å². The third kappa shape index (κ3) is 4.94. The number of hydrogen-bond acceptors (Lipinski definition) is 3. The van der Waals surface area contributed by atoms with Crippen molar-refractivity contribution in [1.82, 2.24) is 0 Å². The van der Waals surface area contributed by atoms with E-state index in [-0.39, 0.29) is 5.92 Å². The molecule has 0 saturated carbocycles. The van der Waals surface area contributed by atoms with Crippen LogP contribution >= 0.6 is 0 Å². The van der Waals surface area contributed by atoms with Crippen LogP contribution in [-0.4, -0.2) is 11.6 Å². The number of carbonyl (C=O) groups excluding carboxylic acids is 1. The Balaban J connectivity index is 2.53. The molecule has 3 heteroatoms. The molecule has 0 aromatic rings. The van der Waals surface area contributed by atoms with Crippen molar-refractivity contribution in [3.05, 3.63) is 36.5 Å². The molecular formula is C13H18O3. The van der Waals surface area contributed by atoms with Gasteiger partial charge in [-0.25, -0.2) is 4.79 Å². The van der Waals surface area contributed by atoms with Crippen LogP contribution in [0.15, 0.2) is 36.5 Å². The van der Waals surface area contributed by atoms with Crippen molar-refractivity contribution in [2.24, 2.45) is 5.92 Å². The maximum Gasteiger partial charge on any atom is 0.352 e. The molecular weight excluding hydrogens is 204 g/mol. The second-order valence-electron chi connectivity index (χ2n) is 4.60. The zero-order chi connectivity index (χ0) is 12.0. The topological polar surface area (TPSA) is 35.5 Å². The number of allylic oxidation sites excluding steroid dienone is 4. The maximum atomic E-state index is 11.6. The first-order valence-corrected chi connectivity index (χ1v) is 5.38. The molecule has 0 aromatic carbocycles. The first-order valence-electron chi connectivity index (χ1n) is 5.38. The molecule has 88 valence electrons. The van der Waals surface area contributed by atoms with Gasteiger partial charge in [-0.2, -0.15) is 4.89 Å². The summed E-state index contributed by atoms with van der Waals surface area (Å²) in [5.74, 6) is -0.759. The lowest BCUT2D eigenvalue weighted by Gasteiger charge is -2.17. The van der Waals surface area contributed by atoms with Gasteiger partial charge in [0.1, 0.15) is 5.60 Å². The first-order chi connectivity index (χ1) is 7.49. The smallest absolute Gasteiger partial charge is 0.297 e. The minimum atomic E-state index is -0.482. The van der Waals surface area contributed by atoms with Gasteiger partial charge in [0.15, 0.2) is 0 Å². The third-order valence-corrected chi connectivity index (χ3v) is 1.83. The molecule has 1 unspecified atom stereocenters. The summed E-state index contributed by atoms with van der Waals surface area (Å²) in [6.07, 6.45) is 12.1. The van der Waals surface area contributed by atoms with E-state index in [4.69, 9.17) is 9.78 Å². The van der Waals surface area contributed by atoms with E-state index in [9.17, 15) is 4.79 Å². The van der Waals surface area contributed by atoms with Crippen molar-refractivity contribution in [3.8, 4) is 0 Å². The summed E-state index contributed by atoms with van der Waals surface area (Å²) in [6.45, 7) is 5.48. The lowest BCUT2D eigenvalue weighted by molar-refractivity contribution is -0.321. The van der Waals surface area contributed by atoms with Crippen LogP contribution in [0.4, 0.5) is 0 Å². The van der Waals surface area contributed by atoms with Crippen molar-refractivity contribution in [3.63, 3.8) is 0 Å². The van der Waals surface area contributed by atoms with Gasteiger partial charge in [-0.1, -0.05) is 36.5 Å². The van der Waals surface area contributed by atoms with E-state index >= 15 is 0 Å². The van der Waals surface area contributed by atoms with Crippen LogP contribution < -0.4 is 0 Å². The van der Waals surface area contributed by atoms with E-state index in [1.807, 2.05) is 51.2 Å². The van der Waals surface area contributed by atoms with Gasteiger partial charge in [-0.15, -0.1) is 0 Å². The molecule has 3 nitrogen and oxygen atoms in total. The highest BCUT2D eigenvalue weighted by atomic mass is 17.2. The SMILES string of the molecule is CC(C)(C)OOC(=O)C1/C=C\C=C/C/C=C/1. The summed E-state index contributed by atoms with van der Waals surface area (Å²) in [7, 11) is 0. The minimum absolute atomic E-state index is 0.368. The van der Waals surface area contributed by atoms with Gasteiger partial charge in [-0.3, -0.25) is 4.89 Å². The summed E-state index contributed by atoms with van der Waals surface area (Å²) in [5.41, 5.74) is -0.482. The second kappa shape index (κ2) is 5.66. The highest BCUT2D eigenvalue weighted by molar-refractivity contribution is 5.76. The lowest BCUT2D eigenvalue weighted by Crippen LogP contribution is -2.24. The molecule has 0 N–H and O–H groups in total. The van der Waals surface area contributed by atoms with E-state index in [0.29, 0.717) is 0 Å². The normalized spacial score (nSPS) is 26.3. The molecule has 0 fully saturated rings. The lowest BCUT2D eigenvalue weighted by atomic mass is 10.1. The Morgan fingerprint density at radius 2 is 1.94 bits per heavy atom. The van der Waals surface area contributed by atoms with Crippen molar-refractivity contribution >= 4 is 5.97 Å². The number of carbonyl (C=O) groups is 1. The zero-order valence-corrected chi connectivity index (χ0v) is 9.97. The Morgan fingerprint density at radius 1 is 1.19 bits per heavy atom. The van der Waals surface area contributed by atoms with Crippen molar-refractivity contribution in [1.29, 1.82) is 0 Å². The van der Waals surface area contributed by atoms with Gasteiger partial charge in [0.2, 0.25) is 0 Å². The van der Waals surface area contributed by atoms with Crippen molar-refractivity contribution < 1.29 is 14.6 Å². The molecule has 0 saturated heterocycles. The van der Waals surface area contributed by atoms with Crippen molar-refractivity contribution in [2.75, 3.05) is 0 Å². The number of rotatable bonds is 2. The van der Waals surface area contributed by atoms with Crippen molar-refractivity contribution in [2.45, 2.75) is 32.8 Å². The first kappa shape index (κ1) is 12.7. The fraction of sp³-hybridized carbons (Fsp3) is 0.462.